The van der Waals surface area contributed by atoms with Crippen LogP contribution in [0, 0.1) is 23.7 Å². The lowest BCUT2D eigenvalue weighted by atomic mass is 10.1. The molecule has 2 heteroatoms. The number of rotatable bonds is 1. The molecule has 1 aromatic carbocycles. The molecule has 0 amide bonds. The van der Waals surface area contributed by atoms with E-state index in [1.165, 1.54) is 0 Å². The molecule has 0 saturated carbocycles. The van der Waals surface area contributed by atoms with Crippen LogP contribution in [0.3, 0.4) is 0 Å². The van der Waals surface area contributed by atoms with Crippen molar-refractivity contribution in [2.75, 3.05) is 12.4 Å². The fourth-order valence-corrected chi connectivity index (χ4v) is 0.951. The van der Waals surface area contributed by atoms with Gasteiger partial charge in [-0.3, -0.25) is 0 Å². The van der Waals surface area contributed by atoms with Crippen LogP contribution in [0.25, 0.3) is 0 Å². The first-order chi connectivity index (χ1) is 5.81. The zero-order valence-electron chi connectivity index (χ0n) is 6.76. The molecule has 0 aromatic heterocycles. The van der Waals surface area contributed by atoms with E-state index in [0.29, 0.717) is 5.56 Å². The molecule has 0 spiro atoms. The molecule has 2 nitrogen and oxygen atoms in total. The van der Waals surface area contributed by atoms with Gasteiger partial charge < -0.3 is 5.32 Å². The Morgan fingerprint density at radius 1 is 1.50 bits per heavy atom. The molecular formula is C10H8N2. The Morgan fingerprint density at radius 2 is 2.25 bits per heavy atom. The van der Waals surface area contributed by atoms with Gasteiger partial charge in [0, 0.05) is 18.3 Å². The number of nitriles is 1. The maximum absolute atomic E-state index is 8.58. The van der Waals surface area contributed by atoms with Crippen LogP contribution in [0.4, 0.5) is 5.69 Å². The van der Waals surface area contributed by atoms with E-state index in [-0.39, 0.29) is 0 Å². The molecule has 1 aromatic rings. The average Bonchev–Trinajstić information content (AvgIpc) is 2.16. The summed E-state index contributed by atoms with van der Waals surface area (Å²) in [6.07, 6.45) is 5.25. The van der Waals surface area contributed by atoms with Gasteiger partial charge in [-0.05, 0) is 18.2 Å². The molecule has 0 saturated heterocycles. The van der Waals surface area contributed by atoms with Crippen LogP contribution in [0.5, 0.6) is 0 Å². The van der Waals surface area contributed by atoms with Crippen molar-refractivity contribution in [1.29, 1.82) is 5.26 Å². The maximum Gasteiger partial charge on any atom is 0.0992 e. The van der Waals surface area contributed by atoms with E-state index < -0.39 is 0 Å². The Kier molecular flexibility index (Phi) is 2.35. The number of benzene rings is 1. The van der Waals surface area contributed by atoms with E-state index in [2.05, 4.69) is 11.2 Å². The predicted molar refractivity (Wildman–Crippen MR) is 48.6 cm³/mol. The summed E-state index contributed by atoms with van der Waals surface area (Å²) in [4.78, 5) is 0. The van der Waals surface area contributed by atoms with Gasteiger partial charge in [0.05, 0.1) is 11.6 Å². The Labute approximate surface area is 71.8 Å². The summed E-state index contributed by atoms with van der Waals surface area (Å²) in [5, 5.41) is 11.5. The van der Waals surface area contributed by atoms with Crippen LogP contribution < -0.4 is 5.32 Å². The standard InChI is InChI=1S/C10H8N2/c1-3-9-6-8(7-11)4-5-10(9)12-2/h1,4-6,12H,2H3. The molecule has 1 rings (SSSR count). The highest BCUT2D eigenvalue weighted by Crippen LogP contribution is 2.14. The minimum Gasteiger partial charge on any atom is -0.387 e. The smallest absolute Gasteiger partial charge is 0.0992 e. The Bertz CT molecular complexity index is 366. The van der Waals surface area contributed by atoms with Crippen molar-refractivity contribution in [2.24, 2.45) is 0 Å². The zero-order valence-corrected chi connectivity index (χ0v) is 6.76. The topological polar surface area (TPSA) is 35.8 Å². The van der Waals surface area contributed by atoms with Gasteiger partial charge in [-0.1, -0.05) is 5.92 Å². The summed E-state index contributed by atoms with van der Waals surface area (Å²) < 4.78 is 0. The molecule has 58 valence electrons. The molecule has 0 heterocycles. The molecule has 0 unspecified atom stereocenters. The lowest BCUT2D eigenvalue weighted by molar-refractivity contribution is 1.44. The molecule has 12 heavy (non-hydrogen) atoms. The highest BCUT2D eigenvalue weighted by atomic mass is 14.8. The highest BCUT2D eigenvalue weighted by Gasteiger charge is 1.98. The minimum atomic E-state index is 0.585. The molecule has 0 aliphatic carbocycles. The number of hydrogen-bond donors (Lipinski definition) is 1. The van der Waals surface area contributed by atoms with E-state index in [0.717, 1.165) is 11.3 Å². The number of terminal acetylenes is 1. The van der Waals surface area contributed by atoms with Crippen LogP contribution in [0.15, 0.2) is 18.2 Å². The van der Waals surface area contributed by atoms with Crippen LogP contribution in [-0.2, 0) is 0 Å². The summed E-state index contributed by atoms with van der Waals surface area (Å²) in [6.45, 7) is 0. The van der Waals surface area contributed by atoms with E-state index in [9.17, 15) is 0 Å². The van der Waals surface area contributed by atoms with Crippen molar-refractivity contribution in [3.63, 3.8) is 0 Å². The van der Waals surface area contributed by atoms with Crippen molar-refractivity contribution >= 4 is 5.69 Å². The Hall–Kier alpha value is -1.93. The summed E-state index contributed by atoms with van der Waals surface area (Å²) in [6, 6.07) is 7.24. The van der Waals surface area contributed by atoms with Crippen LogP contribution >= 0.6 is 0 Å². The molecule has 0 aliphatic heterocycles. The quantitative estimate of drug-likeness (QED) is 0.626. The lowest BCUT2D eigenvalue weighted by Gasteiger charge is -2.02. The third-order valence-electron chi connectivity index (χ3n) is 1.57. The van der Waals surface area contributed by atoms with E-state index in [1.54, 1.807) is 25.2 Å². The largest absolute Gasteiger partial charge is 0.387 e. The van der Waals surface area contributed by atoms with Crippen molar-refractivity contribution < 1.29 is 0 Å². The van der Waals surface area contributed by atoms with Gasteiger partial charge in [-0.25, -0.2) is 0 Å². The summed E-state index contributed by atoms with van der Waals surface area (Å²) >= 11 is 0. The van der Waals surface area contributed by atoms with Gasteiger partial charge in [0.1, 0.15) is 0 Å². The summed E-state index contributed by atoms with van der Waals surface area (Å²) in [5.74, 6) is 2.51. The molecular weight excluding hydrogens is 148 g/mol. The normalized spacial score (nSPS) is 8.25. The Balaban J connectivity index is 3.24. The first kappa shape index (κ1) is 8.17. The fourth-order valence-electron chi connectivity index (χ4n) is 0.951. The second kappa shape index (κ2) is 3.46. The fraction of sp³-hybridized carbons (Fsp3) is 0.100. The number of anilines is 1. The summed E-state index contributed by atoms with van der Waals surface area (Å²) in [5.41, 5.74) is 2.18. The van der Waals surface area contributed by atoms with Crippen molar-refractivity contribution in [3.8, 4) is 18.4 Å². The van der Waals surface area contributed by atoms with E-state index in [1.807, 2.05) is 6.07 Å². The molecule has 0 fully saturated rings. The van der Waals surface area contributed by atoms with Gasteiger partial charge in [-0.2, -0.15) is 5.26 Å². The molecule has 0 aliphatic rings. The van der Waals surface area contributed by atoms with Crippen molar-refractivity contribution in [1.82, 2.24) is 0 Å². The van der Waals surface area contributed by atoms with Gasteiger partial charge in [0.15, 0.2) is 0 Å². The number of nitrogens with zero attached hydrogens (tertiary/aromatic N) is 1. The molecule has 1 N–H and O–H groups in total. The third-order valence-corrected chi connectivity index (χ3v) is 1.57. The third kappa shape index (κ3) is 1.38. The van der Waals surface area contributed by atoms with Crippen molar-refractivity contribution in [2.45, 2.75) is 0 Å². The minimum absolute atomic E-state index is 0.585. The van der Waals surface area contributed by atoms with Gasteiger partial charge in [-0.15, -0.1) is 6.42 Å². The monoisotopic (exact) mass is 156 g/mol. The van der Waals surface area contributed by atoms with Gasteiger partial charge in [0.2, 0.25) is 0 Å². The second-order valence-corrected chi connectivity index (χ2v) is 2.27. The van der Waals surface area contributed by atoms with Crippen LogP contribution in [-0.4, -0.2) is 7.05 Å². The van der Waals surface area contributed by atoms with Gasteiger partial charge >= 0.3 is 0 Å². The zero-order chi connectivity index (χ0) is 8.97. The van der Waals surface area contributed by atoms with Crippen molar-refractivity contribution in [3.05, 3.63) is 29.3 Å². The SMILES string of the molecule is C#Cc1cc(C#N)ccc1NC. The second-order valence-electron chi connectivity index (χ2n) is 2.27. The van der Waals surface area contributed by atoms with E-state index in [4.69, 9.17) is 11.7 Å². The summed E-state index contributed by atoms with van der Waals surface area (Å²) in [7, 11) is 1.79. The number of nitrogens with one attached hydrogen (secondary N) is 1. The predicted octanol–water partition coefficient (Wildman–Crippen LogP) is 1.58. The highest BCUT2D eigenvalue weighted by molar-refractivity contribution is 5.60. The number of hydrogen-bond acceptors (Lipinski definition) is 2. The van der Waals surface area contributed by atoms with Gasteiger partial charge in [0.25, 0.3) is 0 Å². The van der Waals surface area contributed by atoms with Crippen LogP contribution in [0.1, 0.15) is 11.1 Å². The molecule has 0 radical (unpaired) electrons. The first-order valence-electron chi connectivity index (χ1n) is 3.50. The first-order valence-corrected chi connectivity index (χ1v) is 3.50. The van der Waals surface area contributed by atoms with E-state index >= 15 is 0 Å². The Morgan fingerprint density at radius 3 is 2.75 bits per heavy atom. The lowest BCUT2D eigenvalue weighted by Crippen LogP contribution is -1.92. The maximum atomic E-state index is 8.58. The molecule has 0 atom stereocenters. The van der Waals surface area contributed by atoms with Crippen LogP contribution in [0.2, 0.25) is 0 Å². The molecule has 0 bridgehead atoms. The average molecular weight is 156 g/mol.